The van der Waals surface area contributed by atoms with Gasteiger partial charge in [0.25, 0.3) is 0 Å². The van der Waals surface area contributed by atoms with E-state index in [4.69, 9.17) is 11.6 Å². The smallest absolute Gasteiger partial charge is 0.309 e. The Hall–Kier alpha value is -4.31. The van der Waals surface area contributed by atoms with Gasteiger partial charge in [0.1, 0.15) is 11.9 Å². The minimum atomic E-state index is -4.64. The maximum atomic E-state index is 13.5. The Morgan fingerprint density at radius 3 is 2.40 bits per heavy atom. The molecule has 0 saturated heterocycles. The van der Waals surface area contributed by atoms with Crippen LogP contribution < -0.4 is 16.0 Å². The van der Waals surface area contributed by atoms with Crippen molar-refractivity contribution in [1.29, 1.82) is 5.26 Å². The number of nitrogens with one attached hydrogen (secondary N) is 2. The van der Waals surface area contributed by atoms with E-state index in [2.05, 4.69) is 15.9 Å². The van der Waals surface area contributed by atoms with Crippen LogP contribution in [0, 0.1) is 18.3 Å². The molecule has 4 aromatic rings. The van der Waals surface area contributed by atoms with Crippen LogP contribution in [-0.2, 0) is 16.0 Å². The van der Waals surface area contributed by atoms with Crippen LogP contribution in [0.2, 0.25) is 5.02 Å². The van der Waals surface area contributed by atoms with Crippen molar-refractivity contribution < 1.29 is 21.6 Å². The van der Waals surface area contributed by atoms with Crippen LogP contribution in [0.1, 0.15) is 22.6 Å². The number of benzene rings is 3. The lowest BCUT2D eigenvalue weighted by Gasteiger charge is -2.26. The summed E-state index contributed by atoms with van der Waals surface area (Å²) >= 11 is 6.12. The number of sulfone groups is 1. The first kappa shape index (κ1) is 27.3. The van der Waals surface area contributed by atoms with Gasteiger partial charge in [-0.05, 0) is 54.4 Å². The van der Waals surface area contributed by atoms with Crippen molar-refractivity contribution in [3.63, 3.8) is 0 Å². The van der Waals surface area contributed by atoms with E-state index in [1.807, 2.05) is 6.07 Å². The van der Waals surface area contributed by atoms with Crippen LogP contribution in [-0.4, -0.2) is 24.2 Å². The number of imidazole rings is 1. The number of hydrogen-bond acceptors (Lipinski definition) is 7. The Labute approximate surface area is 232 Å². The first-order valence-electron chi connectivity index (χ1n) is 11.7. The zero-order valence-corrected chi connectivity index (χ0v) is 22.5. The van der Waals surface area contributed by atoms with Gasteiger partial charge in [0.2, 0.25) is 0 Å². The molecule has 0 aliphatic carbocycles. The van der Waals surface area contributed by atoms with Crippen LogP contribution in [0.5, 0.6) is 0 Å². The molecule has 1 aromatic heterocycles. The van der Waals surface area contributed by atoms with Gasteiger partial charge in [-0.3, -0.25) is 5.01 Å². The van der Waals surface area contributed by atoms with Gasteiger partial charge < -0.3 is 9.99 Å². The van der Waals surface area contributed by atoms with Crippen molar-refractivity contribution >= 4 is 32.8 Å². The summed E-state index contributed by atoms with van der Waals surface area (Å²) in [5.74, 6) is 0.108. The summed E-state index contributed by atoms with van der Waals surface area (Å²) in [6.07, 6.45) is -0.981. The summed E-state index contributed by atoms with van der Waals surface area (Å²) in [6, 6.07) is 18.3. The van der Waals surface area contributed by atoms with E-state index >= 15 is 0 Å². The molecule has 5 rings (SSSR count). The number of aromatic nitrogens is 2. The third-order valence-electron chi connectivity index (χ3n) is 6.25. The number of nitrogens with zero attached hydrogens (tertiary/aromatic N) is 4. The lowest BCUT2D eigenvalue weighted by atomic mass is 10.0. The van der Waals surface area contributed by atoms with Crippen LogP contribution in [0.25, 0.3) is 22.5 Å². The average Bonchev–Trinajstić information content (AvgIpc) is 3.55. The van der Waals surface area contributed by atoms with Crippen molar-refractivity contribution in [2.45, 2.75) is 18.0 Å². The van der Waals surface area contributed by atoms with Gasteiger partial charge in [-0.25, -0.2) is 13.4 Å². The molecule has 2 N–H and O–H groups in total. The van der Waals surface area contributed by atoms with E-state index in [9.17, 15) is 26.9 Å². The summed E-state index contributed by atoms with van der Waals surface area (Å²) in [6.45, 7) is 1.47. The summed E-state index contributed by atoms with van der Waals surface area (Å²) in [4.78, 5) is 3.83. The van der Waals surface area contributed by atoms with Gasteiger partial charge in [-0.1, -0.05) is 35.9 Å². The van der Waals surface area contributed by atoms with E-state index < -0.39 is 21.7 Å². The molecule has 204 valence electrons. The quantitative estimate of drug-likeness (QED) is 0.314. The van der Waals surface area contributed by atoms with Gasteiger partial charge in [-0.2, -0.15) is 18.4 Å². The average molecular weight is 585 g/mol. The molecule has 0 saturated carbocycles. The van der Waals surface area contributed by atoms with Crippen molar-refractivity contribution in [1.82, 2.24) is 20.5 Å². The highest BCUT2D eigenvalue weighted by Crippen LogP contribution is 2.38. The van der Waals surface area contributed by atoms with Gasteiger partial charge in [0.15, 0.2) is 15.5 Å². The molecular weight excluding hydrogens is 565 g/mol. The number of alkyl halides is 3. The van der Waals surface area contributed by atoms with Crippen LogP contribution in [0.3, 0.4) is 0 Å². The normalized spacial score (nSPS) is 13.6. The highest BCUT2D eigenvalue weighted by molar-refractivity contribution is 7.90. The van der Waals surface area contributed by atoms with E-state index in [1.165, 1.54) is 23.6 Å². The minimum Gasteiger partial charge on any atom is -0.309 e. The number of anilines is 1. The molecule has 0 unspecified atom stereocenters. The lowest BCUT2D eigenvalue weighted by molar-refractivity contribution is -0.141. The Kier molecular flexibility index (Phi) is 6.83. The molecule has 2 heterocycles. The first-order chi connectivity index (χ1) is 18.9. The molecular formula is C27H20ClF3N6O2S. The fraction of sp³-hybridized carbons (Fsp3) is 0.111. The Balaban J connectivity index is 1.70. The van der Waals surface area contributed by atoms with Gasteiger partial charge >= 0.3 is 6.18 Å². The van der Waals surface area contributed by atoms with Crippen molar-refractivity contribution in [2.24, 2.45) is 0 Å². The highest BCUT2D eigenvalue weighted by atomic mass is 35.5. The summed E-state index contributed by atoms with van der Waals surface area (Å²) < 4.78 is 66.2. The lowest BCUT2D eigenvalue weighted by Crippen LogP contribution is -2.37. The number of hydrogen-bond donors (Lipinski definition) is 2. The first-order valence-corrected chi connectivity index (χ1v) is 13.9. The second-order valence-electron chi connectivity index (χ2n) is 8.97. The van der Waals surface area contributed by atoms with Crippen LogP contribution in [0.15, 0.2) is 78.0 Å². The maximum Gasteiger partial charge on any atom is 0.434 e. The van der Waals surface area contributed by atoms with Gasteiger partial charge in [0.05, 0.1) is 32.6 Å². The monoisotopic (exact) mass is 584 g/mol. The number of rotatable bonds is 5. The fourth-order valence-electron chi connectivity index (χ4n) is 4.31. The van der Waals surface area contributed by atoms with E-state index in [1.54, 1.807) is 59.7 Å². The second kappa shape index (κ2) is 10.0. The number of hydrazine groups is 2. The molecule has 0 bridgehead atoms. The van der Waals surface area contributed by atoms with Gasteiger partial charge in [-0.15, -0.1) is 5.53 Å². The number of aryl methyl sites for hydroxylation is 1. The Morgan fingerprint density at radius 2 is 1.73 bits per heavy atom. The topological polar surface area (TPSA) is 103 Å². The van der Waals surface area contributed by atoms with Crippen molar-refractivity contribution in [3.05, 3.63) is 101 Å². The molecule has 0 spiro atoms. The third kappa shape index (κ3) is 5.14. The minimum absolute atomic E-state index is 0.108. The van der Waals surface area contributed by atoms with Gasteiger partial charge in [0, 0.05) is 24.2 Å². The third-order valence-corrected chi connectivity index (χ3v) is 7.69. The van der Waals surface area contributed by atoms with E-state index in [0.717, 1.165) is 12.5 Å². The van der Waals surface area contributed by atoms with E-state index in [0.29, 0.717) is 33.8 Å². The molecule has 13 heteroatoms. The molecule has 0 amide bonds. The fourth-order valence-corrected chi connectivity index (χ4v) is 5.13. The zero-order valence-electron chi connectivity index (χ0n) is 21.0. The summed E-state index contributed by atoms with van der Waals surface area (Å²) in [5.41, 5.74) is 8.21. The van der Waals surface area contributed by atoms with Crippen molar-refractivity contribution in [3.8, 4) is 22.9 Å². The zero-order chi connectivity index (χ0) is 28.8. The van der Waals surface area contributed by atoms with Crippen molar-refractivity contribution in [2.75, 3.05) is 11.3 Å². The maximum absolute atomic E-state index is 13.5. The summed E-state index contributed by atoms with van der Waals surface area (Å²) in [5, 5.41) is 11.3. The second-order valence-corrected chi connectivity index (χ2v) is 11.4. The van der Waals surface area contributed by atoms with Crippen LogP contribution in [0.4, 0.5) is 18.9 Å². The standard InChI is InChI=1S/C27H20ClF3N6O2S/c1-16-34-26(27(29,30)31)15-36(16)23-9-7-18(17-4-3-5-21(11-17)40(2,38)39)12-24(23)37-25(14-33-35-37)19-6-8-22(28)20(10-19)13-32/h3-12,14-15,33,35H,1-2H3. The predicted molar refractivity (Wildman–Crippen MR) is 145 cm³/mol. The predicted octanol–water partition coefficient (Wildman–Crippen LogP) is 5.62. The highest BCUT2D eigenvalue weighted by Gasteiger charge is 2.35. The molecule has 0 atom stereocenters. The largest absolute Gasteiger partial charge is 0.434 e. The molecule has 40 heavy (non-hydrogen) atoms. The number of halogens is 4. The van der Waals surface area contributed by atoms with E-state index in [-0.39, 0.29) is 21.3 Å². The SMILES string of the molecule is Cc1nc(C(F)(F)F)cn1-c1ccc(-c2cccc(S(C)(=O)=O)c2)cc1N1NNC=C1c1ccc(Cl)c(C#N)c1. The summed E-state index contributed by atoms with van der Waals surface area (Å²) in [7, 11) is -3.48. The van der Waals surface area contributed by atoms with Crippen LogP contribution >= 0.6 is 11.6 Å². The molecule has 1 aliphatic rings. The molecule has 0 radical (unpaired) electrons. The Bertz CT molecular complexity index is 1830. The Morgan fingerprint density at radius 1 is 1.00 bits per heavy atom. The molecule has 1 aliphatic heterocycles. The number of nitriles is 1. The molecule has 8 nitrogen and oxygen atoms in total. The molecule has 3 aromatic carbocycles. The molecule has 0 fully saturated rings.